The van der Waals surface area contributed by atoms with E-state index in [0.29, 0.717) is 6.54 Å². The van der Waals surface area contributed by atoms with Crippen LogP contribution in [0.15, 0.2) is 0 Å². The summed E-state index contributed by atoms with van der Waals surface area (Å²) >= 11 is 0. The number of unbranched alkanes of at least 4 members (excludes halogenated alkanes) is 1. The lowest BCUT2D eigenvalue weighted by molar-refractivity contribution is -0.107. The van der Waals surface area contributed by atoms with Gasteiger partial charge >= 0.3 is 9.28 Å². The summed E-state index contributed by atoms with van der Waals surface area (Å²) in [4.78, 5) is 9.94. The molecule has 0 aromatic heterocycles. The van der Waals surface area contributed by atoms with Crippen LogP contribution >= 0.6 is 0 Å². The summed E-state index contributed by atoms with van der Waals surface area (Å²) in [7, 11) is 2.05. The van der Waals surface area contributed by atoms with Gasteiger partial charge in [0.15, 0.2) is 0 Å². The molecule has 1 N–H and O–H groups in total. The molecular formula is C8H19NO3Si. The van der Waals surface area contributed by atoms with Gasteiger partial charge in [-0.05, 0) is 19.0 Å². The first-order chi connectivity index (χ1) is 6.35. The molecule has 0 bridgehead atoms. The van der Waals surface area contributed by atoms with Crippen LogP contribution in [0.3, 0.4) is 0 Å². The molecule has 0 aromatic carbocycles. The monoisotopic (exact) mass is 205 g/mol. The number of carbonyl (C=O) groups is 1. The standard InChI is InChI=1S/C8H19NO3Si/c1-11-13(12-2)8-4-3-5-9-6-7-10/h7,9,13H,3-6,8H2,1-2H3. The highest BCUT2D eigenvalue weighted by atomic mass is 28.3. The van der Waals surface area contributed by atoms with Crippen molar-refractivity contribution in [3.8, 4) is 0 Å². The van der Waals surface area contributed by atoms with Gasteiger partial charge in [-0.25, -0.2) is 0 Å². The molecule has 0 saturated carbocycles. The van der Waals surface area contributed by atoms with Gasteiger partial charge in [-0.1, -0.05) is 6.42 Å². The van der Waals surface area contributed by atoms with Gasteiger partial charge in [0.25, 0.3) is 0 Å². The van der Waals surface area contributed by atoms with Crippen molar-refractivity contribution in [2.75, 3.05) is 27.3 Å². The fourth-order valence-electron chi connectivity index (χ4n) is 1.05. The normalized spacial score (nSPS) is 10.7. The molecule has 0 unspecified atom stereocenters. The quantitative estimate of drug-likeness (QED) is 0.329. The molecule has 0 heterocycles. The summed E-state index contributed by atoms with van der Waals surface area (Å²) < 4.78 is 10.3. The van der Waals surface area contributed by atoms with E-state index in [1.54, 1.807) is 14.2 Å². The van der Waals surface area contributed by atoms with E-state index < -0.39 is 9.28 Å². The van der Waals surface area contributed by atoms with Crippen molar-refractivity contribution in [2.24, 2.45) is 0 Å². The lowest BCUT2D eigenvalue weighted by atomic mass is 10.3. The van der Waals surface area contributed by atoms with Gasteiger partial charge in [0.05, 0.1) is 6.54 Å². The molecule has 0 aliphatic carbocycles. The number of nitrogens with one attached hydrogen (secondary N) is 1. The smallest absolute Gasteiger partial charge is 0.320 e. The Kier molecular flexibility index (Phi) is 9.68. The number of rotatable bonds is 9. The fourth-order valence-corrected chi connectivity index (χ4v) is 2.34. The minimum Gasteiger partial charge on any atom is -0.400 e. The van der Waals surface area contributed by atoms with Crippen molar-refractivity contribution in [1.82, 2.24) is 5.32 Å². The van der Waals surface area contributed by atoms with Gasteiger partial charge in [-0.15, -0.1) is 0 Å². The minimum absolute atomic E-state index is 0.454. The zero-order valence-electron chi connectivity index (χ0n) is 8.41. The molecule has 78 valence electrons. The Bertz CT molecular complexity index is 120. The molecule has 0 aliphatic rings. The Morgan fingerprint density at radius 2 is 2.00 bits per heavy atom. The third-order valence-corrected chi connectivity index (χ3v) is 3.73. The summed E-state index contributed by atoms with van der Waals surface area (Å²) in [6.45, 7) is 1.35. The van der Waals surface area contributed by atoms with E-state index in [-0.39, 0.29) is 0 Å². The number of aldehydes is 1. The molecule has 0 rings (SSSR count). The summed E-state index contributed by atoms with van der Waals surface area (Å²) in [6, 6.07) is 1.04. The second-order valence-corrected chi connectivity index (χ2v) is 5.15. The molecule has 5 heteroatoms. The maximum atomic E-state index is 9.94. The van der Waals surface area contributed by atoms with E-state index in [0.717, 1.165) is 31.7 Å². The van der Waals surface area contributed by atoms with E-state index in [2.05, 4.69) is 5.32 Å². The van der Waals surface area contributed by atoms with E-state index in [4.69, 9.17) is 8.85 Å². The van der Waals surface area contributed by atoms with Crippen LogP contribution in [-0.2, 0) is 13.6 Å². The number of carbonyl (C=O) groups excluding carboxylic acids is 1. The Labute approximate surface area is 81.5 Å². The summed E-state index contributed by atoms with van der Waals surface area (Å²) in [5.41, 5.74) is 0. The van der Waals surface area contributed by atoms with Crippen molar-refractivity contribution in [1.29, 1.82) is 0 Å². The lowest BCUT2D eigenvalue weighted by Crippen LogP contribution is -2.20. The Morgan fingerprint density at radius 1 is 1.31 bits per heavy atom. The third kappa shape index (κ3) is 8.11. The molecule has 0 aliphatic heterocycles. The van der Waals surface area contributed by atoms with Gasteiger partial charge in [-0.2, -0.15) is 0 Å². The van der Waals surface area contributed by atoms with Gasteiger partial charge < -0.3 is 19.0 Å². The second kappa shape index (κ2) is 9.85. The van der Waals surface area contributed by atoms with Crippen LogP contribution in [0.4, 0.5) is 0 Å². The Hall–Kier alpha value is -0.233. The van der Waals surface area contributed by atoms with E-state index in [9.17, 15) is 4.79 Å². The molecule has 0 spiro atoms. The zero-order valence-corrected chi connectivity index (χ0v) is 9.57. The van der Waals surface area contributed by atoms with Crippen molar-refractivity contribution < 1.29 is 13.6 Å². The molecule has 4 nitrogen and oxygen atoms in total. The van der Waals surface area contributed by atoms with Crippen LogP contribution in [-0.4, -0.2) is 42.9 Å². The topological polar surface area (TPSA) is 47.6 Å². The maximum absolute atomic E-state index is 9.94. The zero-order chi connectivity index (χ0) is 9.94. The lowest BCUT2D eigenvalue weighted by Gasteiger charge is -2.09. The number of hydrogen-bond acceptors (Lipinski definition) is 4. The third-order valence-electron chi connectivity index (χ3n) is 1.80. The van der Waals surface area contributed by atoms with Crippen LogP contribution < -0.4 is 5.32 Å². The summed E-state index contributed by atoms with van der Waals surface area (Å²) in [5.74, 6) is 0. The highest BCUT2D eigenvalue weighted by Crippen LogP contribution is 2.01. The highest BCUT2D eigenvalue weighted by Gasteiger charge is 2.07. The maximum Gasteiger partial charge on any atom is 0.320 e. The van der Waals surface area contributed by atoms with Crippen LogP contribution in [0.5, 0.6) is 0 Å². The molecule has 0 aromatic rings. The SMILES string of the molecule is CO[SiH](CCCCNCC=O)OC. The highest BCUT2D eigenvalue weighted by molar-refractivity contribution is 6.44. The fraction of sp³-hybridized carbons (Fsp3) is 0.875. The molecule has 0 atom stereocenters. The first-order valence-electron chi connectivity index (χ1n) is 4.55. The van der Waals surface area contributed by atoms with Gasteiger partial charge in [0, 0.05) is 14.2 Å². The molecule has 13 heavy (non-hydrogen) atoms. The van der Waals surface area contributed by atoms with Crippen LogP contribution in [0.25, 0.3) is 0 Å². The van der Waals surface area contributed by atoms with Gasteiger partial charge in [-0.3, -0.25) is 0 Å². The van der Waals surface area contributed by atoms with Gasteiger partial charge in [0.1, 0.15) is 6.29 Å². The Balaban J connectivity index is 3.09. The predicted molar refractivity (Wildman–Crippen MR) is 54.1 cm³/mol. The molecule has 0 amide bonds. The summed E-state index contributed by atoms with van der Waals surface area (Å²) in [6.07, 6.45) is 3.05. The molecule has 0 radical (unpaired) electrons. The van der Waals surface area contributed by atoms with Crippen LogP contribution in [0.2, 0.25) is 6.04 Å². The molecule has 0 fully saturated rings. The Morgan fingerprint density at radius 3 is 2.54 bits per heavy atom. The summed E-state index contributed by atoms with van der Waals surface area (Å²) in [5, 5.41) is 3.01. The average molecular weight is 205 g/mol. The van der Waals surface area contributed by atoms with E-state index in [1.807, 2.05) is 0 Å². The van der Waals surface area contributed by atoms with Crippen LogP contribution in [0, 0.1) is 0 Å². The van der Waals surface area contributed by atoms with Crippen LogP contribution in [0.1, 0.15) is 12.8 Å². The first kappa shape index (κ1) is 12.8. The first-order valence-corrected chi connectivity index (χ1v) is 6.31. The molecular weight excluding hydrogens is 186 g/mol. The van der Waals surface area contributed by atoms with Crippen molar-refractivity contribution in [2.45, 2.75) is 18.9 Å². The van der Waals surface area contributed by atoms with E-state index in [1.165, 1.54) is 0 Å². The van der Waals surface area contributed by atoms with Crippen molar-refractivity contribution >= 4 is 15.6 Å². The largest absolute Gasteiger partial charge is 0.400 e. The van der Waals surface area contributed by atoms with E-state index >= 15 is 0 Å². The minimum atomic E-state index is -1.35. The second-order valence-electron chi connectivity index (χ2n) is 2.77. The molecule has 0 saturated heterocycles. The predicted octanol–water partition coefficient (Wildman–Crippen LogP) is 0.0684. The average Bonchev–Trinajstić information content (AvgIpc) is 2.17. The number of hydrogen-bond donors (Lipinski definition) is 1. The van der Waals surface area contributed by atoms with Crippen molar-refractivity contribution in [3.05, 3.63) is 0 Å². The van der Waals surface area contributed by atoms with Gasteiger partial charge in [0.2, 0.25) is 0 Å². The van der Waals surface area contributed by atoms with Crippen molar-refractivity contribution in [3.63, 3.8) is 0 Å².